The van der Waals surface area contributed by atoms with E-state index in [-0.39, 0.29) is 0 Å². The largest absolute Gasteiger partial charge is 0.314 e. The third-order valence-corrected chi connectivity index (χ3v) is 2.42. The second kappa shape index (κ2) is 4.12. The highest BCUT2D eigenvalue weighted by molar-refractivity contribution is 6.33. The van der Waals surface area contributed by atoms with E-state index in [9.17, 15) is 0 Å². The van der Waals surface area contributed by atoms with Crippen LogP contribution in [0.4, 0.5) is 0 Å². The smallest absolute Gasteiger partial charge is 0.164 e. The minimum atomic E-state index is 0.406. The van der Waals surface area contributed by atoms with Crippen LogP contribution < -0.4 is 0 Å². The molecule has 0 fully saturated rings. The van der Waals surface area contributed by atoms with Crippen LogP contribution in [0.25, 0.3) is 11.2 Å². The van der Waals surface area contributed by atoms with Crippen molar-refractivity contribution in [3.63, 3.8) is 0 Å². The van der Waals surface area contributed by atoms with E-state index in [4.69, 9.17) is 11.6 Å². The van der Waals surface area contributed by atoms with E-state index in [2.05, 4.69) is 19.9 Å². The van der Waals surface area contributed by atoms with Gasteiger partial charge in [0.05, 0.1) is 6.33 Å². The van der Waals surface area contributed by atoms with Gasteiger partial charge in [0.2, 0.25) is 0 Å². The number of hydrogen-bond donors (Lipinski definition) is 0. The van der Waals surface area contributed by atoms with Crippen LogP contribution in [0.2, 0.25) is 5.15 Å². The van der Waals surface area contributed by atoms with E-state index in [1.807, 2.05) is 18.7 Å². The molecule has 0 saturated carbocycles. The van der Waals surface area contributed by atoms with Crippen molar-refractivity contribution in [1.29, 1.82) is 0 Å². The molecule has 2 rings (SSSR count). The van der Waals surface area contributed by atoms with Crippen LogP contribution in [-0.2, 0) is 6.54 Å². The van der Waals surface area contributed by atoms with Gasteiger partial charge < -0.3 is 9.47 Å². The maximum Gasteiger partial charge on any atom is 0.164 e. The van der Waals surface area contributed by atoms with Gasteiger partial charge in [0, 0.05) is 13.1 Å². The fourth-order valence-electron chi connectivity index (χ4n) is 1.32. The maximum absolute atomic E-state index is 5.90. The Morgan fingerprint density at radius 1 is 1.33 bits per heavy atom. The summed E-state index contributed by atoms with van der Waals surface area (Å²) < 4.78 is 1.98. The minimum Gasteiger partial charge on any atom is -0.314 e. The summed E-state index contributed by atoms with van der Waals surface area (Å²) in [5.41, 5.74) is 1.45. The van der Waals surface area contributed by atoms with Gasteiger partial charge in [-0.25, -0.2) is 15.0 Å². The Bertz CT molecular complexity index is 464. The molecule has 2 aromatic rings. The van der Waals surface area contributed by atoms with E-state index in [0.717, 1.165) is 18.7 Å². The molecule has 0 unspecified atom stereocenters. The van der Waals surface area contributed by atoms with Crippen molar-refractivity contribution >= 4 is 22.8 Å². The first kappa shape index (κ1) is 10.3. The predicted molar refractivity (Wildman–Crippen MR) is 58.9 cm³/mol. The van der Waals surface area contributed by atoms with Crippen molar-refractivity contribution in [2.75, 3.05) is 20.6 Å². The van der Waals surface area contributed by atoms with Crippen LogP contribution in [0.15, 0.2) is 12.7 Å². The van der Waals surface area contributed by atoms with Crippen LogP contribution in [0, 0.1) is 0 Å². The summed E-state index contributed by atoms with van der Waals surface area (Å²) in [6.45, 7) is 1.78. The van der Waals surface area contributed by atoms with Gasteiger partial charge in [0.15, 0.2) is 10.8 Å². The van der Waals surface area contributed by atoms with Gasteiger partial charge in [-0.15, -0.1) is 0 Å². The molecule has 0 amide bonds. The lowest BCUT2D eigenvalue weighted by molar-refractivity contribution is 0.386. The van der Waals surface area contributed by atoms with Crippen molar-refractivity contribution in [3.8, 4) is 0 Å². The van der Waals surface area contributed by atoms with Crippen molar-refractivity contribution < 1.29 is 0 Å². The molecule has 15 heavy (non-hydrogen) atoms. The van der Waals surface area contributed by atoms with E-state index in [1.165, 1.54) is 6.33 Å². The van der Waals surface area contributed by atoms with Gasteiger partial charge in [-0.3, -0.25) is 0 Å². The molecule has 0 aromatic carbocycles. The Hall–Kier alpha value is -1.20. The molecule has 2 aromatic heterocycles. The van der Waals surface area contributed by atoms with Crippen molar-refractivity contribution in [1.82, 2.24) is 24.4 Å². The summed E-state index contributed by atoms with van der Waals surface area (Å²) in [7, 11) is 4.06. The average Bonchev–Trinajstić information content (AvgIpc) is 2.59. The second-order valence-corrected chi connectivity index (χ2v) is 3.94. The zero-order chi connectivity index (χ0) is 10.8. The molecule has 80 valence electrons. The molecule has 2 heterocycles. The van der Waals surface area contributed by atoms with Crippen LogP contribution >= 0.6 is 11.6 Å². The Morgan fingerprint density at radius 3 is 2.87 bits per heavy atom. The molecule has 5 nitrogen and oxygen atoms in total. The molecular weight excluding hydrogens is 214 g/mol. The highest BCUT2D eigenvalue weighted by Gasteiger charge is 2.07. The average molecular weight is 226 g/mol. The second-order valence-electron chi connectivity index (χ2n) is 3.58. The molecule has 0 atom stereocenters. The van der Waals surface area contributed by atoms with E-state index >= 15 is 0 Å². The number of hydrogen-bond acceptors (Lipinski definition) is 4. The lowest BCUT2D eigenvalue weighted by atomic mass is 10.5. The molecule has 0 N–H and O–H groups in total. The van der Waals surface area contributed by atoms with Gasteiger partial charge in [-0.05, 0) is 14.1 Å². The van der Waals surface area contributed by atoms with Crippen molar-refractivity contribution in [3.05, 3.63) is 17.8 Å². The highest BCUT2D eigenvalue weighted by Crippen LogP contribution is 2.16. The number of imidazole rings is 1. The summed E-state index contributed by atoms with van der Waals surface area (Å²) in [5.74, 6) is 0. The van der Waals surface area contributed by atoms with Crippen molar-refractivity contribution in [2.24, 2.45) is 0 Å². The standard InChI is InChI=1S/C9H12ClN5/c1-14(2)3-4-15-6-13-7-8(10)11-5-12-9(7)15/h5-6H,3-4H2,1-2H3. The third kappa shape index (κ3) is 2.08. The topological polar surface area (TPSA) is 46.8 Å². The number of nitrogens with zero attached hydrogens (tertiary/aromatic N) is 5. The van der Waals surface area contributed by atoms with Gasteiger partial charge in [-0.2, -0.15) is 0 Å². The van der Waals surface area contributed by atoms with Crippen molar-refractivity contribution in [2.45, 2.75) is 6.54 Å². The van der Waals surface area contributed by atoms with Gasteiger partial charge >= 0.3 is 0 Å². The zero-order valence-corrected chi connectivity index (χ0v) is 9.44. The molecule has 6 heteroatoms. The maximum atomic E-state index is 5.90. The summed E-state index contributed by atoms with van der Waals surface area (Å²) in [6.07, 6.45) is 3.20. The Labute approximate surface area is 92.7 Å². The molecule has 0 aliphatic heterocycles. The third-order valence-electron chi connectivity index (χ3n) is 2.14. The number of rotatable bonds is 3. The van der Waals surface area contributed by atoms with Crippen LogP contribution in [0.3, 0.4) is 0 Å². The van der Waals surface area contributed by atoms with Crippen LogP contribution in [-0.4, -0.2) is 45.1 Å². The number of halogens is 1. The fraction of sp³-hybridized carbons (Fsp3) is 0.444. The normalized spacial score (nSPS) is 11.5. The van der Waals surface area contributed by atoms with Gasteiger partial charge in [0.25, 0.3) is 0 Å². The first-order valence-corrected chi connectivity index (χ1v) is 5.02. The fourth-order valence-corrected chi connectivity index (χ4v) is 1.50. The van der Waals surface area contributed by atoms with E-state index in [0.29, 0.717) is 10.7 Å². The predicted octanol–water partition coefficient (Wildman–Crippen LogP) is 1.04. The molecule has 0 aliphatic rings. The first-order valence-electron chi connectivity index (χ1n) is 4.64. The van der Waals surface area contributed by atoms with Gasteiger partial charge in [-0.1, -0.05) is 11.6 Å². The summed E-state index contributed by atoms with van der Waals surface area (Å²) in [4.78, 5) is 14.3. The lowest BCUT2D eigenvalue weighted by Gasteiger charge is -2.09. The summed E-state index contributed by atoms with van der Waals surface area (Å²) >= 11 is 5.90. The SMILES string of the molecule is CN(C)CCn1cnc2c(Cl)ncnc21. The Morgan fingerprint density at radius 2 is 2.13 bits per heavy atom. The molecule has 0 radical (unpaired) electrons. The molecule has 0 spiro atoms. The van der Waals surface area contributed by atoms with E-state index < -0.39 is 0 Å². The highest BCUT2D eigenvalue weighted by atomic mass is 35.5. The Balaban J connectivity index is 2.33. The minimum absolute atomic E-state index is 0.406. The number of aromatic nitrogens is 4. The van der Waals surface area contributed by atoms with E-state index in [1.54, 1.807) is 6.33 Å². The molecule has 0 bridgehead atoms. The molecule has 0 saturated heterocycles. The monoisotopic (exact) mass is 225 g/mol. The zero-order valence-electron chi connectivity index (χ0n) is 8.68. The first-order chi connectivity index (χ1) is 7.18. The van der Waals surface area contributed by atoms with Crippen LogP contribution in [0.1, 0.15) is 0 Å². The molecular formula is C9H12ClN5. The quantitative estimate of drug-likeness (QED) is 0.733. The number of fused-ring (bicyclic) bond motifs is 1. The summed E-state index contributed by atoms with van der Waals surface area (Å²) in [5, 5.41) is 0.406. The lowest BCUT2D eigenvalue weighted by Crippen LogP contribution is -2.18. The van der Waals surface area contributed by atoms with Gasteiger partial charge in [0.1, 0.15) is 11.8 Å². The molecule has 0 aliphatic carbocycles. The Kier molecular flexibility index (Phi) is 2.83. The summed E-state index contributed by atoms with van der Waals surface area (Å²) in [6, 6.07) is 0. The van der Waals surface area contributed by atoms with Crippen LogP contribution in [0.5, 0.6) is 0 Å². The number of likely N-dealkylation sites (N-methyl/N-ethyl adjacent to an activating group) is 1.